The molecule has 13 heteroatoms. The molecule has 1 unspecified atom stereocenters. The molecule has 1 aromatic heterocycles. The first kappa shape index (κ1) is 26.8. The molecule has 1 aromatic carbocycles. The molecule has 0 bridgehead atoms. The molecule has 0 saturated carbocycles. The summed E-state index contributed by atoms with van der Waals surface area (Å²) in [7, 11) is 1.82. The number of carbonyl (C=O) groups is 2. The molecule has 6 rings (SSSR count). The fourth-order valence-electron chi connectivity index (χ4n) is 5.78. The van der Waals surface area contributed by atoms with Crippen LogP contribution in [0.4, 0.5) is 23.8 Å². The number of benzene rings is 1. The van der Waals surface area contributed by atoms with Crippen LogP contribution in [0.25, 0.3) is 0 Å². The molecule has 5 heterocycles. The fourth-order valence-corrected chi connectivity index (χ4v) is 5.78. The minimum Gasteiger partial charge on any atom is -0.328 e. The highest BCUT2D eigenvalue weighted by Crippen LogP contribution is 2.39. The lowest BCUT2D eigenvalue weighted by atomic mass is 9.87. The molecule has 2 aromatic rings. The summed E-state index contributed by atoms with van der Waals surface area (Å²) in [5.74, 6) is 6.58. The Kier molecular flexibility index (Phi) is 6.50. The fraction of sp³-hybridized carbons (Fsp3) is 0.321. The summed E-state index contributed by atoms with van der Waals surface area (Å²) >= 11 is 0. The number of amidine groups is 1. The highest BCUT2D eigenvalue weighted by Gasteiger charge is 2.48. The van der Waals surface area contributed by atoms with Crippen LogP contribution in [0.15, 0.2) is 76.4 Å². The average Bonchev–Trinajstić information content (AvgIpc) is 3.27. The van der Waals surface area contributed by atoms with Crippen LogP contribution in [0.3, 0.4) is 0 Å². The standard InChI is InChI=1S/C28H27F3N8O2/c1-37-12-9-21-7-6-19(16-38(21)27(37)41)24-22-15-33-11-13-39(22,32)25(36-24)17-2-4-18(5-3-17)26(40)35-23-14-20(8-10-34-23)28(29,30)31/h2-5,8,10-11,13-15,19,21H,6-7,9,12,16,32H2,1H3/p+1/t19-,21+,39?/m1/s1. The minimum atomic E-state index is -4.55. The van der Waals surface area contributed by atoms with Gasteiger partial charge in [-0.05, 0) is 55.7 Å². The second-order valence-corrected chi connectivity index (χ2v) is 10.6. The first-order chi connectivity index (χ1) is 19.5. The first-order valence-electron chi connectivity index (χ1n) is 13.2. The van der Waals surface area contributed by atoms with E-state index in [4.69, 9.17) is 10.8 Å². The lowest BCUT2D eigenvalue weighted by Gasteiger charge is -2.45. The zero-order valence-electron chi connectivity index (χ0n) is 22.2. The normalized spacial score (nSPS) is 25.7. The van der Waals surface area contributed by atoms with Crippen LogP contribution in [-0.4, -0.2) is 69.5 Å². The van der Waals surface area contributed by atoms with E-state index in [1.807, 2.05) is 11.9 Å². The summed E-state index contributed by atoms with van der Waals surface area (Å²) in [6.45, 7) is 1.30. The molecule has 0 aliphatic carbocycles. The van der Waals surface area contributed by atoms with Crippen LogP contribution >= 0.6 is 0 Å². The third kappa shape index (κ3) is 4.80. The van der Waals surface area contributed by atoms with Crippen molar-refractivity contribution in [1.82, 2.24) is 14.8 Å². The number of fused-ring (bicyclic) bond motifs is 2. The number of carbonyl (C=O) groups excluding carboxylic acids is 2. The quantitative estimate of drug-likeness (QED) is 0.429. The molecule has 212 valence electrons. The minimum absolute atomic E-state index is 0.0155. The van der Waals surface area contributed by atoms with Crippen molar-refractivity contribution in [3.63, 3.8) is 0 Å². The van der Waals surface area contributed by atoms with E-state index < -0.39 is 17.6 Å². The lowest BCUT2D eigenvalue weighted by Crippen LogP contribution is -2.56. The van der Waals surface area contributed by atoms with E-state index in [0.29, 0.717) is 17.9 Å². The van der Waals surface area contributed by atoms with E-state index in [9.17, 15) is 22.8 Å². The van der Waals surface area contributed by atoms with Crippen molar-refractivity contribution < 1.29 is 27.4 Å². The number of nitrogens with zero attached hydrogens (tertiary/aromatic N) is 6. The zero-order valence-corrected chi connectivity index (χ0v) is 22.2. The van der Waals surface area contributed by atoms with Gasteiger partial charge in [-0.3, -0.25) is 9.79 Å². The van der Waals surface area contributed by atoms with Gasteiger partial charge in [0.1, 0.15) is 17.7 Å². The molecular formula is C28H28F3N8O2+. The average molecular weight is 566 g/mol. The van der Waals surface area contributed by atoms with Crippen LogP contribution in [0.5, 0.6) is 0 Å². The van der Waals surface area contributed by atoms with Crippen LogP contribution in [0.2, 0.25) is 0 Å². The van der Waals surface area contributed by atoms with Gasteiger partial charge in [0, 0.05) is 43.9 Å². The Morgan fingerprint density at radius 3 is 2.68 bits per heavy atom. The number of alkyl halides is 3. The summed E-state index contributed by atoms with van der Waals surface area (Å²) in [6, 6.07) is 8.37. The van der Waals surface area contributed by atoms with Gasteiger partial charge in [0.25, 0.3) is 11.7 Å². The molecule has 0 spiro atoms. The smallest absolute Gasteiger partial charge is 0.328 e. The third-order valence-corrected chi connectivity index (χ3v) is 8.02. The number of piperidine rings is 1. The van der Waals surface area contributed by atoms with Crippen LogP contribution < -0.4 is 11.2 Å². The first-order valence-corrected chi connectivity index (χ1v) is 13.2. The molecule has 2 saturated heterocycles. The molecule has 3 amide bonds. The third-order valence-electron chi connectivity index (χ3n) is 8.02. The number of hydrogen-bond donors (Lipinski definition) is 2. The topological polar surface area (TPSA) is 116 Å². The molecule has 41 heavy (non-hydrogen) atoms. The summed E-state index contributed by atoms with van der Waals surface area (Å²) in [5.41, 5.74) is 1.49. The number of nitrogens with one attached hydrogen (secondary N) is 1. The number of aliphatic imine (C=N–C) groups is 2. The molecular weight excluding hydrogens is 537 g/mol. The summed E-state index contributed by atoms with van der Waals surface area (Å²) in [6.07, 6.45) is 4.17. The number of urea groups is 1. The molecule has 2 fully saturated rings. The predicted molar refractivity (Wildman–Crippen MR) is 145 cm³/mol. The maximum absolute atomic E-state index is 13.0. The highest BCUT2D eigenvalue weighted by molar-refractivity contribution is 6.05. The summed E-state index contributed by atoms with van der Waals surface area (Å²) in [5, 5.41) is 2.41. The van der Waals surface area contributed by atoms with Gasteiger partial charge in [-0.15, -0.1) is 4.59 Å². The molecule has 4 aliphatic rings. The van der Waals surface area contributed by atoms with Gasteiger partial charge in [0.15, 0.2) is 0 Å². The van der Waals surface area contributed by atoms with Crippen molar-refractivity contribution >= 4 is 29.8 Å². The molecule has 3 N–H and O–H groups in total. The Hall–Kier alpha value is -4.36. The monoisotopic (exact) mass is 565 g/mol. The van der Waals surface area contributed by atoms with Gasteiger partial charge >= 0.3 is 12.2 Å². The van der Waals surface area contributed by atoms with Crippen molar-refractivity contribution in [2.45, 2.75) is 31.5 Å². The molecule has 4 aliphatic heterocycles. The van der Waals surface area contributed by atoms with Crippen LogP contribution in [0.1, 0.15) is 40.7 Å². The SMILES string of the molecule is CN1CC[C@@H]2CC[C@@H](C3=C4C=NC=C[N+]4(N)C(c4ccc(C(=O)Nc5cc(C(F)(F)F)ccn5)cc4)=N3)CN2C1=O. The molecule has 0 radical (unpaired) electrons. The number of quaternary nitrogens is 1. The number of halogens is 3. The van der Waals surface area contributed by atoms with Crippen molar-refractivity contribution in [2.24, 2.45) is 21.7 Å². The van der Waals surface area contributed by atoms with Crippen molar-refractivity contribution in [3.05, 3.63) is 83.1 Å². The maximum Gasteiger partial charge on any atom is 0.416 e. The van der Waals surface area contributed by atoms with E-state index >= 15 is 0 Å². The van der Waals surface area contributed by atoms with Crippen molar-refractivity contribution in [2.75, 3.05) is 25.5 Å². The summed E-state index contributed by atoms with van der Waals surface area (Å²) < 4.78 is 38.9. The number of aromatic nitrogens is 1. The largest absolute Gasteiger partial charge is 0.416 e. The van der Waals surface area contributed by atoms with E-state index in [-0.39, 0.29) is 34.0 Å². The van der Waals surface area contributed by atoms with Crippen LogP contribution in [0, 0.1) is 5.92 Å². The zero-order chi connectivity index (χ0) is 28.9. The Bertz CT molecular complexity index is 1530. The lowest BCUT2D eigenvalue weighted by molar-refractivity contribution is -0.750. The van der Waals surface area contributed by atoms with Crippen molar-refractivity contribution in [1.29, 1.82) is 0 Å². The number of allylic oxidation sites excluding steroid dienone is 1. The number of pyridine rings is 1. The molecule has 3 atom stereocenters. The van der Waals surface area contributed by atoms with Gasteiger partial charge in [-0.1, -0.05) is 0 Å². The number of nitrogens with two attached hydrogens (primary N) is 1. The van der Waals surface area contributed by atoms with Gasteiger partial charge < -0.3 is 15.1 Å². The van der Waals surface area contributed by atoms with Gasteiger partial charge in [-0.25, -0.2) is 9.78 Å². The van der Waals surface area contributed by atoms with E-state index in [0.717, 1.165) is 55.5 Å². The van der Waals surface area contributed by atoms with E-state index in [1.54, 1.807) is 47.8 Å². The van der Waals surface area contributed by atoms with Gasteiger partial charge in [-0.2, -0.15) is 24.0 Å². The second kappa shape index (κ2) is 9.93. The number of amides is 3. The Morgan fingerprint density at radius 2 is 1.93 bits per heavy atom. The van der Waals surface area contributed by atoms with Gasteiger partial charge in [0.05, 0.1) is 23.5 Å². The Labute approximate surface area is 233 Å². The molecule has 10 nitrogen and oxygen atoms in total. The number of hydrogen-bond acceptors (Lipinski definition) is 6. The summed E-state index contributed by atoms with van der Waals surface area (Å²) in [4.78, 5) is 42.4. The maximum atomic E-state index is 13.0. The predicted octanol–water partition coefficient (Wildman–Crippen LogP) is 4.11. The van der Waals surface area contributed by atoms with Gasteiger partial charge in [0.2, 0.25) is 5.70 Å². The number of anilines is 1. The number of rotatable bonds is 4. The van der Waals surface area contributed by atoms with E-state index in [2.05, 4.69) is 15.3 Å². The van der Waals surface area contributed by atoms with Crippen LogP contribution in [-0.2, 0) is 6.18 Å². The highest BCUT2D eigenvalue weighted by atomic mass is 19.4. The second-order valence-electron chi connectivity index (χ2n) is 10.6. The van der Waals surface area contributed by atoms with Crippen molar-refractivity contribution in [3.8, 4) is 0 Å². The van der Waals surface area contributed by atoms with E-state index in [1.165, 1.54) is 0 Å². The Balaban J connectivity index is 1.24. The Morgan fingerprint density at radius 1 is 1.15 bits per heavy atom.